The summed E-state index contributed by atoms with van der Waals surface area (Å²) in [6.45, 7) is 0.679. The maximum Gasteiger partial charge on any atom is 0.305 e. The van der Waals surface area contributed by atoms with Crippen LogP contribution in [0.3, 0.4) is 0 Å². The molecule has 0 spiro atoms. The van der Waals surface area contributed by atoms with Gasteiger partial charge in [-0.2, -0.15) is 0 Å². The molecule has 1 unspecified atom stereocenters. The number of benzene rings is 1. The third-order valence-corrected chi connectivity index (χ3v) is 3.28. The largest absolute Gasteiger partial charge is 0.481 e. The first-order valence-electron chi connectivity index (χ1n) is 6.47. The van der Waals surface area contributed by atoms with Crippen molar-refractivity contribution in [3.8, 4) is 0 Å². The number of carbonyl (C=O) groups is 2. The van der Waals surface area contributed by atoms with Crippen molar-refractivity contribution in [1.29, 1.82) is 0 Å². The molecule has 1 aromatic rings. The molecule has 1 fully saturated rings. The SMILES string of the molecule is O=C(O)CC1COCCN1C(=O)c1cccc(C(F)F)c1. The minimum atomic E-state index is -2.66. The fourth-order valence-electron chi connectivity index (χ4n) is 2.27. The van der Waals surface area contributed by atoms with Crippen LogP contribution in [0.2, 0.25) is 0 Å². The Labute approximate surface area is 120 Å². The number of carbonyl (C=O) groups excluding carboxylic acids is 1. The summed E-state index contributed by atoms with van der Waals surface area (Å²) in [7, 11) is 0. The highest BCUT2D eigenvalue weighted by molar-refractivity contribution is 5.95. The van der Waals surface area contributed by atoms with Crippen molar-refractivity contribution < 1.29 is 28.2 Å². The summed E-state index contributed by atoms with van der Waals surface area (Å²) in [5.74, 6) is -1.49. The van der Waals surface area contributed by atoms with Crippen molar-refractivity contribution in [2.75, 3.05) is 19.8 Å². The van der Waals surface area contributed by atoms with Crippen molar-refractivity contribution >= 4 is 11.9 Å². The number of morpholine rings is 1. The lowest BCUT2D eigenvalue weighted by molar-refractivity contribution is -0.139. The van der Waals surface area contributed by atoms with E-state index < -0.39 is 24.3 Å². The van der Waals surface area contributed by atoms with Gasteiger partial charge in [0.25, 0.3) is 12.3 Å². The summed E-state index contributed by atoms with van der Waals surface area (Å²) in [6.07, 6.45) is -2.89. The zero-order valence-electron chi connectivity index (χ0n) is 11.2. The molecule has 2 rings (SSSR count). The van der Waals surface area contributed by atoms with Gasteiger partial charge in [0.15, 0.2) is 0 Å². The molecule has 1 N–H and O–H groups in total. The first-order chi connectivity index (χ1) is 9.99. The lowest BCUT2D eigenvalue weighted by Crippen LogP contribution is -2.49. The van der Waals surface area contributed by atoms with Crippen LogP contribution in [0.1, 0.15) is 28.8 Å². The highest BCUT2D eigenvalue weighted by Crippen LogP contribution is 2.21. The molecule has 1 saturated heterocycles. The van der Waals surface area contributed by atoms with Gasteiger partial charge in [-0.3, -0.25) is 9.59 Å². The van der Waals surface area contributed by atoms with Gasteiger partial charge in [0.2, 0.25) is 0 Å². The van der Waals surface area contributed by atoms with Crippen molar-refractivity contribution in [1.82, 2.24) is 4.90 Å². The van der Waals surface area contributed by atoms with Gasteiger partial charge in [0.1, 0.15) is 0 Å². The molecule has 1 aromatic carbocycles. The molecule has 7 heteroatoms. The smallest absolute Gasteiger partial charge is 0.305 e. The van der Waals surface area contributed by atoms with Crippen LogP contribution in [0.5, 0.6) is 0 Å². The van der Waals surface area contributed by atoms with Crippen LogP contribution in [0.25, 0.3) is 0 Å². The van der Waals surface area contributed by atoms with E-state index in [-0.39, 0.29) is 30.7 Å². The van der Waals surface area contributed by atoms with Gasteiger partial charge in [-0.05, 0) is 12.1 Å². The number of carboxylic acids is 1. The Kier molecular flexibility index (Phi) is 4.85. The zero-order chi connectivity index (χ0) is 15.4. The Bertz CT molecular complexity index is 535. The van der Waals surface area contributed by atoms with E-state index in [1.807, 2.05) is 0 Å². The molecule has 1 amide bonds. The maximum atomic E-state index is 12.7. The molecule has 1 aliphatic rings. The van der Waals surface area contributed by atoms with Crippen LogP contribution in [0.4, 0.5) is 8.78 Å². The summed E-state index contributed by atoms with van der Waals surface area (Å²) in [6, 6.07) is 4.64. The van der Waals surface area contributed by atoms with Crippen LogP contribution in [0, 0.1) is 0 Å². The van der Waals surface area contributed by atoms with E-state index in [1.54, 1.807) is 0 Å². The first kappa shape index (κ1) is 15.4. The fraction of sp³-hybridized carbons (Fsp3) is 0.429. The number of alkyl halides is 2. The molecule has 1 aliphatic heterocycles. The number of halogens is 2. The van der Waals surface area contributed by atoms with Crippen molar-refractivity contribution in [2.24, 2.45) is 0 Å². The van der Waals surface area contributed by atoms with E-state index in [0.29, 0.717) is 6.61 Å². The molecule has 5 nitrogen and oxygen atoms in total. The Balaban J connectivity index is 2.20. The molecular formula is C14H15F2NO4. The average molecular weight is 299 g/mol. The van der Waals surface area contributed by atoms with E-state index in [4.69, 9.17) is 9.84 Å². The molecule has 0 radical (unpaired) electrons. The fourth-order valence-corrected chi connectivity index (χ4v) is 2.27. The summed E-state index contributed by atoms with van der Waals surface area (Å²) < 4.78 is 30.5. The topological polar surface area (TPSA) is 66.8 Å². The molecular weight excluding hydrogens is 284 g/mol. The summed E-state index contributed by atoms with van der Waals surface area (Å²) in [5, 5.41) is 8.86. The number of carboxylic acid groups (broad SMARTS) is 1. The third-order valence-electron chi connectivity index (χ3n) is 3.28. The standard InChI is InChI=1S/C14H15F2NO4/c15-13(16)9-2-1-3-10(6-9)14(20)17-4-5-21-8-11(17)7-12(18)19/h1-3,6,11,13H,4-5,7-8H2,(H,18,19). The van der Waals surface area contributed by atoms with E-state index >= 15 is 0 Å². The van der Waals surface area contributed by atoms with E-state index in [2.05, 4.69) is 0 Å². The Morgan fingerprint density at radius 2 is 2.19 bits per heavy atom. The number of aliphatic carboxylic acids is 1. The molecule has 1 atom stereocenters. The number of nitrogens with zero attached hydrogens (tertiary/aromatic N) is 1. The van der Waals surface area contributed by atoms with Gasteiger partial charge < -0.3 is 14.7 Å². The quantitative estimate of drug-likeness (QED) is 0.922. The van der Waals surface area contributed by atoms with Crippen LogP contribution in [-0.4, -0.2) is 47.7 Å². The summed E-state index contributed by atoms with van der Waals surface area (Å²) in [4.78, 5) is 24.6. The predicted molar refractivity (Wildman–Crippen MR) is 69.3 cm³/mol. The average Bonchev–Trinajstić information content (AvgIpc) is 2.46. The summed E-state index contributed by atoms with van der Waals surface area (Å²) >= 11 is 0. The highest BCUT2D eigenvalue weighted by Gasteiger charge is 2.30. The zero-order valence-corrected chi connectivity index (χ0v) is 11.2. The lowest BCUT2D eigenvalue weighted by Gasteiger charge is -2.35. The Morgan fingerprint density at radius 1 is 1.43 bits per heavy atom. The number of rotatable bonds is 4. The number of ether oxygens (including phenoxy) is 1. The third kappa shape index (κ3) is 3.75. The molecule has 114 valence electrons. The van der Waals surface area contributed by atoms with Crippen LogP contribution >= 0.6 is 0 Å². The van der Waals surface area contributed by atoms with Crippen molar-refractivity contribution in [3.05, 3.63) is 35.4 Å². The van der Waals surface area contributed by atoms with Crippen molar-refractivity contribution in [2.45, 2.75) is 18.9 Å². The molecule has 0 aliphatic carbocycles. The predicted octanol–water partition coefficient (Wildman–Crippen LogP) is 1.94. The second-order valence-electron chi connectivity index (χ2n) is 4.75. The van der Waals surface area contributed by atoms with Crippen molar-refractivity contribution in [3.63, 3.8) is 0 Å². The van der Waals surface area contributed by atoms with Gasteiger partial charge in [-0.1, -0.05) is 12.1 Å². The van der Waals surface area contributed by atoms with E-state index in [9.17, 15) is 18.4 Å². The molecule has 0 bridgehead atoms. The first-order valence-corrected chi connectivity index (χ1v) is 6.47. The molecule has 1 heterocycles. The number of amides is 1. The normalized spacial score (nSPS) is 18.8. The van der Waals surface area contributed by atoms with Crippen LogP contribution in [-0.2, 0) is 9.53 Å². The minimum absolute atomic E-state index is 0.130. The Morgan fingerprint density at radius 3 is 2.86 bits per heavy atom. The van der Waals surface area contributed by atoms with Gasteiger partial charge in [0, 0.05) is 17.7 Å². The summed E-state index contributed by atoms with van der Waals surface area (Å²) in [5.41, 5.74) is -0.103. The second-order valence-corrected chi connectivity index (χ2v) is 4.75. The molecule has 21 heavy (non-hydrogen) atoms. The van der Waals surface area contributed by atoms with Gasteiger partial charge >= 0.3 is 5.97 Å². The van der Waals surface area contributed by atoms with Gasteiger partial charge in [0.05, 0.1) is 25.7 Å². The minimum Gasteiger partial charge on any atom is -0.481 e. The Hall–Kier alpha value is -2.02. The van der Waals surface area contributed by atoms with E-state index in [1.165, 1.54) is 23.1 Å². The maximum absolute atomic E-state index is 12.7. The molecule has 0 aromatic heterocycles. The second kappa shape index (κ2) is 6.62. The van der Waals surface area contributed by atoms with E-state index in [0.717, 1.165) is 6.07 Å². The lowest BCUT2D eigenvalue weighted by atomic mass is 10.1. The highest BCUT2D eigenvalue weighted by atomic mass is 19.3. The number of hydrogen-bond acceptors (Lipinski definition) is 3. The molecule has 0 saturated carbocycles. The van der Waals surface area contributed by atoms with Crippen LogP contribution in [0.15, 0.2) is 24.3 Å². The van der Waals surface area contributed by atoms with Gasteiger partial charge in [-0.15, -0.1) is 0 Å². The monoisotopic (exact) mass is 299 g/mol. The van der Waals surface area contributed by atoms with Crippen LogP contribution < -0.4 is 0 Å². The number of hydrogen-bond donors (Lipinski definition) is 1. The van der Waals surface area contributed by atoms with Gasteiger partial charge in [-0.25, -0.2) is 8.78 Å².